The molecule has 3 N–H and O–H groups in total. The summed E-state index contributed by atoms with van der Waals surface area (Å²) in [4.78, 5) is 0. The summed E-state index contributed by atoms with van der Waals surface area (Å²) in [6, 6.07) is 0. The van der Waals surface area contributed by atoms with E-state index in [1.165, 1.54) is 10.7 Å². The molecule has 1 saturated heterocycles. The summed E-state index contributed by atoms with van der Waals surface area (Å²) in [7, 11) is -3.40. The lowest BCUT2D eigenvalue weighted by Crippen LogP contribution is -2.55. The summed E-state index contributed by atoms with van der Waals surface area (Å²) in [6.45, 7) is 2.12. The van der Waals surface area contributed by atoms with Crippen molar-refractivity contribution in [3.63, 3.8) is 0 Å². The fraction of sp³-hybridized carbons (Fsp3) is 1.00. The third-order valence-electron chi connectivity index (χ3n) is 3.77. The van der Waals surface area contributed by atoms with Crippen molar-refractivity contribution >= 4 is 22.6 Å². The fourth-order valence-electron chi connectivity index (χ4n) is 2.55. The molecule has 0 aromatic carbocycles. The van der Waals surface area contributed by atoms with Crippen molar-refractivity contribution < 1.29 is 13.2 Å². The zero-order chi connectivity index (χ0) is 13.1. The predicted molar refractivity (Wildman–Crippen MR) is 76.6 cm³/mol. The molecule has 0 aromatic heterocycles. The largest absolute Gasteiger partial charge is 0.379 e. The Hall–Kier alpha value is 0.0800. The monoisotopic (exact) mass is 313 g/mol. The lowest BCUT2D eigenvalue weighted by molar-refractivity contribution is 0.0723. The van der Waals surface area contributed by atoms with Gasteiger partial charge in [0.15, 0.2) is 0 Å². The molecule has 6 nitrogen and oxygen atoms in total. The molecule has 0 unspecified atom stereocenters. The van der Waals surface area contributed by atoms with E-state index in [-0.39, 0.29) is 17.9 Å². The Morgan fingerprint density at radius 1 is 1.16 bits per heavy atom. The topological polar surface area (TPSA) is 84.7 Å². The van der Waals surface area contributed by atoms with Gasteiger partial charge in [-0.05, 0) is 12.8 Å². The van der Waals surface area contributed by atoms with Crippen molar-refractivity contribution in [2.45, 2.75) is 37.6 Å². The maximum absolute atomic E-state index is 12.1. The molecule has 0 amide bonds. The molecule has 19 heavy (non-hydrogen) atoms. The van der Waals surface area contributed by atoms with Crippen LogP contribution in [-0.4, -0.2) is 51.1 Å². The number of nitrogens with one attached hydrogen (secondary N) is 1. The maximum atomic E-state index is 12.1. The lowest BCUT2D eigenvalue weighted by atomic mass is 9.83. The highest BCUT2D eigenvalue weighted by Crippen LogP contribution is 2.25. The first-order valence-electron chi connectivity index (χ1n) is 6.63. The van der Waals surface area contributed by atoms with Gasteiger partial charge in [-0.15, -0.1) is 12.4 Å². The highest BCUT2D eigenvalue weighted by molar-refractivity contribution is 7.87. The third kappa shape index (κ3) is 4.84. The van der Waals surface area contributed by atoms with Crippen LogP contribution >= 0.6 is 12.4 Å². The Morgan fingerprint density at radius 3 is 2.32 bits per heavy atom. The molecule has 2 rings (SSSR count). The average Bonchev–Trinajstić information content (AvgIpc) is 2.39. The van der Waals surface area contributed by atoms with Gasteiger partial charge < -0.3 is 10.5 Å². The van der Waals surface area contributed by atoms with E-state index in [0.717, 1.165) is 25.7 Å². The standard InChI is InChI=1S/C11H23N3O3S.ClH/c12-11(4-2-1-3-5-11)10-13-18(15,16)14-6-8-17-9-7-14;/h13H,1-10,12H2;1H. The first-order valence-corrected chi connectivity index (χ1v) is 8.07. The first kappa shape index (κ1) is 17.1. The van der Waals surface area contributed by atoms with E-state index in [4.69, 9.17) is 10.5 Å². The molecule has 8 heteroatoms. The molecule has 0 radical (unpaired) electrons. The molecule has 1 saturated carbocycles. The van der Waals surface area contributed by atoms with Gasteiger partial charge in [0, 0.05) is 25.2 Å². The van der Waals surface area contributed by atoms with E-state index in [0.29, 0.717) is 32.8 Å². The Bertz CT molecular complexity index is 365. The Kier molecular flexibility index (Phi) is 6.49. The minimum atomic E-state index is -3.40. The smallest absolute Gasteiger partial charge is 0.279 e. The van der Waals surface area contributed by atoms with E-state index in [1.807, 2.05) is 0 Å². The molecule has 0 atom stereocenters. The van der Waals surface area contributed by atoms with E-state index in [9.17, 15) is 8.42 Å². The molecular formula is C11H24ClN3O3S. The van der Waals surface area contributed by atoms with Crippen molar-refractivity contribution in [1.82, 2.24) is 9.03 Å². The number of rotatable bonds is 4. The summed E-state index contributed by atoms with van der Waals surface area (Å²) >= 11 is 0. The first-order chi connectivity index (χ1) is 8.52. The molecule has 2 fully saturated rings. The van der Waals surface area contributed by atoms with Crippen LogP contribution in [0.4, 0.5) is 0 Å². The normalized spacial score (nSPS) is 24.7. The number of morpholine rings is 1. The zero-order valence-electron chi connectivity index (χ0n) is 11.1. The van der Waals surface area contributed by atoms with Gasteiger partial charge in [0.05, 0.1) is 13.2 Å². The molecule has 114 valence electrons. The molecule has 0 spiro atoms. The summed E-state index contributed by atoms with van der Waals surface area (Å²) < 4.78 is 33.4. The highest BCUT2D eigenvalue weighted by atomic mass is 35.5. The van der Waals surface area contributed by atoms with Crippen LogP contribution in [0.25, 0.3) is 0 Å². The van der Waals surface area contributed by atoms with Crippen molar-refractivity contribution in [2.24, 2.45) is 5.73 Å². The van der Waals surface area contributed by atoms with Crippen LogP contribution in [0.2, 0.25) is 0 Å². The number of ether oxygens (including phenoxy) is 1. The second kappa shape index (κ2) is 7.19. The lowest BCUT2D eigenvalue weighted by Gasteiger charge is -2.34. The van der Waals surface area contributed by atoms with E-state index >= 15 is 0 Å². The molecule has 1 aliphatic carbocycles. The number of halogens is 1. The molecule has 2 aliphatic rings. The SMILES string of the molecule is Cl.NC1(CNS(=O)(=O)N2CCOCC2)CCCCC1. The summed E-state index contributed by atoms with van der Waals surface area (Å²) in [5, 5.41) is 0. The average molecular weight is 314 g/mol. The van der Waals surface area contributed by atoms with Gasteiger partial charge >= 0.3 is 0 Å². The maximum Gasteiger partial charge on any atom is 0.279 e. The van der Waals surface area contributed by atoms with Gasteiger partial charge in [-0.25, -0.2) is 4.72 Å². The minimum absolute atomic E-state index is 0. The van der Waals surface area contributed by atoms with Gasteiger partial charge in [-0.1, -0.05) is 19.3 Å². The van der Waals surface area contributed by atoms with Crippen LogP contribution in [0.3, 0.4) is 0 Å². The summed E-state index contributed by atoms with van der Waals surface area (Å²) in [6.07, 6.45) is 5.19. The second-order valence-corrected chi connectivity index (χ2v) is 7.02. The van der Waals surface area contributed by atoms with Crippen molar-refractivity contribution in [1.29, 1.82) is 0 Å². The Balaban J connectivity index is 0.00000180. The predicted octanol–water partition coefficient (Wildman–Crippen LogP) is 0.236. The number of nitrogens with zero attached hydrogens (tertiary/aromatic N) is 1. The molecule has 1 heterocycles. The molecule has 0 aromatic rings. The van der Waals surface area contributed by atoms with Crippen LogP contribution in [0, 0.1) is 0 Å². The van der Waals surface area contributed by atoms with Gasteiger partial charge in [0.1, 0.15) is 0 Å². The van der Waals surface area contributed by atoms with Gasteiger partial charge in [0.25, 0.3) is 10.2 Å². The number of hydrogen-bond acceptors (Lipinski definition) is 4. The van der Waals surface area contributed by atoms with Crippen molar-refractivity contribution in [2.75, 3.05) is 32.8 Å². The van der Waals surface area contributed by atoms with Crippen molar-refractivity contribution in [3.05, 3.63) is 0 Å². The fourth-order valence-corrected chi connectivity index (χ4v) is 3.83. The van der Waals surface area contributed by atoms with Gasteiger partial charge in [-0.2, -0.15) is 12.7 Å². The Morgan fingerprint density at radius 2 is 1.74 bits per heavy atom. The summed E-state index contributed by atoms with van der Waals surface area (Å²) in [5.41, 5.74) is 5.86. The van der Waals surface area contributed by atoms with Crippen LogP contribution < -0.4 is 10.5 Å². The van der Waals surface area contributed by atoms with Crippen LogP contribution in [0.15, 0.2) is 0 Å². The van der Waals surface area contributed by atoms with E-state index in [1.54, 1.807) is 0 Å². The zero-order valence-corrected chi connectivity index (χ0v) is 12.8. The molecule has 0 bridgehead atoms. The minimum Gasteiger partial charge on any atom is -0.379 e. The third-order valence-corrected chi connectivity index (χ3v) is 5.32. The van der Waals surface area contributed by atoms with Gasteiger partial charge in [-0.3, -0.25) is 0 Å². The van der Waals surface area contributed by atoms with Crippen LogP contribution in [-0.2, 0) is 14.9 Å². The summed E-state index contributed by atoms with van der Waals surface area (Å²) in [5.74, 6) is 0. The van der Waals surface area contributed by atoms with Crippen LogP contribution in [0.1, 0.15) is 32.1 Å². The Labute approximate surface area is 121 Å². The molecule has 1 aliphatic heterocycles. The van der Waals surface area contributed by atoms with E-state index < -0.39 is 10.2 Å². The van der Waals surface area contributed by atoms with Crippen LogP contribution in [0.5, 0.6) is 0 Å². The van der Waals surface area contributed by atoms with Gasteiger partial charge in [0.2, 0.25) is 0 Å². The quantitative estimate of drug-likeness (QED) is 0.778. The number of hydrogen-bond donors (Lipinski definition) is 2. The van der Waals surface area contributed by atoms with E-state index in [2.05, 4.69) is 4.72 Å². The highest BCUT2D eigenvalue weighted by Gasteiger charge is 2.31. The second-order valence-electron chi connectivity index (χ2n) is 5.26. The number of nitrogens with two attached hydrogens (primary N) is 1. The van der Waals surface area contributed by atoms with Crippen molar-refractivity contribution in [3.8, 4) is 0 Å². The molecular weight excluding hydrogens is 290 g/mol.